The molecule has 0 aromatic heterocycles. The first-order chi connectivity index (χ1) is 11.3. The molecule has 0 nitrogen and oxygen atoms in total. The molecular weight excluding hydrogens is 276 g/mol. The van der Waals surface area contributed by atoms with Crippen molar-refractivity contribution in [1.82, 2.24) is 0 Å². The molecular formula is C23H22. The lowest BCUT2D eigenvalue weighted by molar-refractivity contribution is 0.456. The molecule has 2 fully saturated rings. The summed E-state index contributed by atoms with van der Waals surface area (Å²) >= 11 is 0. The van der Waals surface area contributed by atoms with Gasteiger partial charge in [0.1, 0.15) is 0 Å². The van der Waals surface area contributed by atoms with E-state index in [0.29, 0.717) is 0 Å². The Labute approximate surface area is 138 Å². The van der Waals surface area contributed by atoms with Gasteiger partial charge in [0, 0.05) is 11.0 Å². The smallest absolute Gasteiger partial charge is 0.0309 e. The van der Waals surface area contributed by atoms with Crippen molar-refractivity contribution in [2.24, 2.45) is 5.41 Å². The molecule has 2 aliphatic carbocycles. The molecule has 4 rings (SSSR count). The Morgan fingerprint density at radius 3 is 2.04 bits per heavy atom. The van der Waals surface area contributed by atoms with E-state index in [9.17, 15) is 0 Å². The molecule has 0 saturated heterocycles. The fourth-order valence-electron chi connectivity index (χ4n) is 3.85. The Hall–Kier alpha value is -2.30. The number of benzene rings is 2. The average molecular weight is 298 g/mol. The van der Waals surface area contributed by atoms with E-state index in [1.807, 2.05) is 0 Å². The van der Waals surface area contributed by atoms with Crippen molar-refractivity contribution in [3.8, 4) is 0 Å². The molecule has 1 unspecified atom stereocenters. The van der Waals surface area contributed by atoms with Crippen LogP contribution < -0.4 is 0 Å². The molecule has 0 radical (unpaired) electrons. The first-order valence-corrected chi connectivity index (χ1v) is 8.59. The Morgan fingerprint density at radius 2 is 1.48 bits per heavy atom. The van der Waals surface area contributed by atoms with Crippen molar-refractivity contribution in [2.45, 2.75) is 32.1 Å². The van der Waals surface area contributed by atoms with Crippen LogP contribution in [0, 0.1) is 5.41 Å². The van der Waals surface area contributed by atoms with E-state index in [4.69, 9.17) is 0 Å². The van der Waals surface area contributed by atoms with Gasteiger partial charge >= 0.3 is 0 Å². The monoisotopic (exact) mass is 298 g/mol. The van der Waals surface area contributed by atoms with Gasteiger partial charge in [-0.15, -0.1) is 5.73 Å². The van der Waals surface area contributed by atoms with E-state index in [1.165, 1.54) is 53.5 Å². The molecule has 2 saturated carbocycles. The average Bonchev–Trinajstić information content (AvgIpc) is 3.30. The van der Waals surface area contributed by atoms with Crippen molar-refractivity contribution in [2.75, 3.05) is 0 Å². The summed E-state index contributed by atoms with van der Waals surface area (Å²) in [7, 11) is 0. The minimum atomic E-state index is 0.285. The van der Waals surface area contributed by atoms with Crippen molar-refractivity contribution in [3.63, 3.8) is 0 Å². The van der Waals surface area contributed by atoms with Crippen LogP contribution in [0.2, 0.25) is 0 Å². The number of allylic oxidation sites excluding steroid dienone is 2. The summed E-state index contributed by atoms with van der Waals surface area (Å²) in [5.74, 6) is 0. The first-order valence-electron chi connectivity index (χ1n) is 8.59. The van der Waals surface area contributed by atoms with Crippen LogP contribution in [-0.4, -0.2) is 0 Å². The molecule has 23 heavy (non-hydrogen) atoms. The maximum Gasteiger partial charge on any atom is 0.0309 e. The highest BCUT2D eigenvalue weighted by atomic mass is 14.5. The third kappa shape index (κ3) is 2.60. The van der Waals surface area contributed by atoms with Crippen LogP contribution >= 0.6 is 0 Å². The lowest BCUT2D eigenvalue weighted by Gasteiger charge is -2.23. The lowest BCUT2D eigenvalue weighted by Crippen LogP contribution is -2.09. The van der Waals surface area contributed by atoms with Gasteiger partial charge in [0.05, 0.1) is 0 Å². The van der Waals surface area contributed by atoms with Gasteiger partial charge in [0.25, 0.3) is 0 Å². The second kappa shape index (κ2) is 5.72. The summed E-state index contributed by atoms with van der Waals surface area (Å²) in [6.45, 7) is 4.36. The Bertz CT molecular complexity index is 747. The minimum absolute atomic E-state index is 0.285. The number of hydrogen-bond acceptors (Lipinski definition) is 0. The van der Waals surface area contributed by atoms with Crippen LogP contribution in [0.3, 0.4) is 0 Å². The van der Waals surface area contributed by atoms with Gasteiger partial charge in [-0.2, -0.15) is 0 Å². The Morgan fingerprint density at radius 1 is 0.870 bits per heavy atom. The zero-order valence-corrected chi connectivity index (χ0v) is 13.5. The summed E-state index contributed by atoms with van der Waals surface area (Å²) in [6, 6.07) is 21.3. The van der Waals surface area contributed by atoms with Gasteiger partial charge in [-0.3, -0.25) is 0 Å². The lowest BCUT2D eigenvalue weighted by atomic mass is 9.81. The standard InChI is InChI=1S/C23H22/c1-18-10-8-9-15-23(18)17-21(23)16-22(19-11-4-2-5-12-19)20-13-6-3-7-14-20/h2-7,11-14H,1,8-10,15,17H2. The number of rotatable bonds is 2. The summed E-state index contributed by atoms with van der Waals surface area (Å²) < 4.78 is 0. The van der Waals surface area contributed by atoms with Crippen LogP contribution in [0.4, 0.5) is 0 Å². The largest absolute Gasteiger partial charge is 0.112 e. The third-order valence-corrected chi connectivity index (χ3v) is 5.34. The van der Waals surface area contributed by atoms with Gasteiger partial charge in [0.15, 0.2) is 0 Å². The van der Waals surface area contributed by atoms with E-state index >= 15 is 0 Å². The van der Waals surface area contributed by atoms with Crippen LogP contribution in [0.1, 0.15) is 43.2 Å². The molecule has 1 atom stereocenters. The fraction of sp³-hybridized carbons (Fsp3) is 0.261. The molecule has 2 aromatic carbocycles. The second-order valence-corrected chi connectivity index (χ2v) is 6.78. The highest BCUT2D eigenvalue weighted by molar-refractivity contribution is 5.80. The quantitative estimate of drug-likeness (QED) is 0.460. The molecule has 0 N–H and O–H groups in total. The zero-order chi connectivity index (χ0) is 15.7. The van der Waals surface area contributed by atoms with E-state index in [2.05, 4.69) is 73.0 Å². The Kier molecular flexibility index (Phi) is 3.56. The van der Waals surface area contributed by atoms with Crippen molar-refractivity contribution in [1.29, 1.82) is 0 Å². The predicted octanol–water partition coefficient (Wildman–Crippen LogP) is 6.16. The van der Waals surface area contributed by atoms with E-state index in [1.54, 1.807) is 0 Å². The van der Waals surface area contributed by atoms with E-state index in [0.717, 1.165) is 6.42 Å². The third-order valence-electron chi connectivity index (χ3n) is 5.34. The van der Waals surface area contributed by atoms with Crippen molar-refractivity contribution >= 4 is 5.57 Å². The predicted molar refractivity (Wildman–Crippen MR) is 97.1 cm³/mol. The van der Waals surface area contributed by atoms with Crippen molar-refractivity contribution in [3.05, 3.63) is 95.2 Å². The molecule has 0 aliphatic heterocycles. The number of hydrogen-bond donors (Lipinski definition) is 0. The van der Waals surface area contributed by atoms with Gasteiger partial charge < -0.3 is 0 Å². The van der Waals surface area contributed by atoms with Crippen molar-refractivity contribution < 1.29 is 0 Å². The summed E-state index contributed by atoms with van der Waals surface area (Å²) in [4.78, 5) is 0. The van der Waals surface area contributed by atoms with Gasteiger partial charge in [-0.1, -0.05) is 79.2 Å². The highest BCUT2D eigenvalue weighted by Crippen LogP contribution is 2.63. The molecule has 0 amide bonds. The minimum Gasteiger partial charge on any atom is -0.112 e. The molecule has 0 heterocycles. The van der Waals surface area contributed by atoms with Gasteiger partial charge in [0.2, 0.25) is 0 Å². The second-order valence-electron chi connectivity index (χ2n) is 6.78. The maximum atomic E-state index is 4.36. The van der Waals surface area contributed by atoms with E-state index < -0.39 is 0 Å². The molecule has 1 spiro atoms. The molecule has 2 aromatic rings. The van der Waals surface area contributed by atoms with Crippen LogP contribution in [0.15, 0.2) is 84.1 Å². The maximum absolute atomic E-state index is 4.36. The Balaban J connectivity index is 1.84. The molecule has 2 aliphatic rings. The summed E-state index contributed by atoms with van der Waals surface area (Å²) in [5.41, 5.74) is 10.7. The highest BCUT2D eigenvalue weighted by Gasteiger charge is 2.51. The van der Waals surface area contributed by atoms with Crippen LogP contribution in [0.5, 0.6) is 0 Å². The zero-order valence-electron chi connectivity index (χ0n) is 13.5. The fourth-order valence-corrected chi connectivity index (χ4v) is 3.85. The normalized spacial score (nSPS) is 22.8. The molecule has 114 valence electrons. The van der Waals surface area contributed by atoms with E-state index in [-0.39, 0.29) is 5.41 Å². The topological polar surface area (TPSA) is 0 Å². The molecule has 0 heteroatoms. The van der Waals surface area contributed by atoms with Crippen LogP contribution in [0.25, 0.3) is 5.57 Å². The van der Waals surface area contributed by atoms with Gasteiger partial charge in [-0.25, -0.2) is 0 Å². The SMILES string of the molecule is C=C1CCCCC12CC2=C=C(c1ccccc1)c1ccccc1. The van der Waals surface area contributed by atoms with Crippen LogP contribution in [-0.2, 0) is 0 Å². The summed E-state index contributed by atoms with van der Waals surface area (Å²) in [5, 5.41) is 0. The molecule has 0 bridgehead atoms. The summed E-state index contributed by atoms with van der Waals surface area (Å²) in [6.07, 6.45) is 6.26. The van der Waals surface area contributed by atoms with Gasteiger partial charge in [-0.05, 0) is 42.4 Å². The first kappa shape index (κ1) is 14.3.